The number of aromatic nitrogens is 2. The van der Waals surface area contributed by atoms with E-state index >= 15 is 0 Å². The fourth-order valence-corrected chi connectivity index (χ4v) is 2.90. The summed E-state index contributed by atoms with van der Waals surface area (Å²) in [4.78, 5) is 17.8. The van der Waals surface area contributed by atoms with Crippen molar-refractivity contribution in [2.24, 2.45) is 5.73 Å². The highest BCUT2D eigenvalue weighted by molar-refractivity contribution is 5.72. The van der Waals surface area contributed by atoms with Crippen molar-refractivity contribution in [2.75, 3.05) is 0 Å². The van der Waals surface area contributed by atoms with Crippen molar-refractivity contribution in [3.63, 3.8) is 0 Å². The van der Waals surface area contributed by atoms with Gasteiger partial charge in [-0.1, -0.05) is 0 Å². The van der Waals surface area contributed by atoms with Gasteiger partial charge in [0.1, 0.15) is 0 Å². The molecule has 0 saturated heterocycles. The van der Waals surface area contributed by atoms with Gasteiger partial charge in [-0.15, -0.1) is 0 Å². The number of nitrogens with zero attached hydrogens (tertiary/aromatic N) is 3. The number of aryl methyl sites for hydroxylation is 1. The van der Waals surface area contributed by atoms with Crippen LogP contribution >= 0.6 is 0 Å². The van der Waals surface area contributed by atoms with E-state index in [1.165, 1.54) is 5.69 Å². The molecule has 0 spiro atoms. The van der Waals surface area contributed by atoms with Gasteiger partial charge in [-0.05, 0) is 33.6 Å². The monoisotopic (exact) mass is 250 g/mol. The van der Waals surface area contributed by atoms with Crippen LogP contribution in [0.2, 0.25) is 0 Å². The highest BCUT2D eigenvalue weighted by Crippen LogP contribution is 2.25. The van der Waals surface area contributed by atoms with Crippen LogP contribution in [0.25, 0.3) is 0 Å². The van der Waals surface area contributed by atoms with E-state index < -0.39 is 0 Å². The molecule has 1 atom stereocenters. The quantitative estimate of drug-likeness (QED) is 0.884. The number of urea groups is 1. The summed E-state index contributed by atoms with van der Waals surface area (Å²) in [5.74, 6) is 0. The largest absolute Gasteiger partial charge is 0.351 e. The summed E-state index contributed by atoms with van der Waals surface area (Å²) in [5.41, 5.74) is 7.93. The van der Waals surface area contributed by atoms with Gasteiger partial charge in [0.2, 0.25) is 0 Å². The Labute approximate surface area is 108 Å². The molecule has 0 bridgehead atoms. The lowest BCUT2D eigenvalue weighted by Gasteiger charge is -2.35. The molecule has 1 unspecified atom stereocenters. The topological polar surface area (TPSA) is 64.2 Å². The Kier molecular flexibility index (Phi) is 3.59. The molecule has 0 aromatic carbocycles. The molecule has 2 rings (SSSR count). The Bertz CT molecular complexity index is 438. The number of carbonyl (C=O) groups excluding carboxylic acids is 1. The molecule has 1 heterocycles. The minimum atomic E-state index is -0.326. The van der Waals surface area contributed by atoms with Gasteiger partial charge in [0.25, 0.3) is 0 Å². The first-order valence-corrected chi connectivity index (χ1v) is 6.65. The smallest absolute Gasteiger partial charge is 0.315 e. The summed E-state index contributed by atoms with van der Waals surface area (Å²) >= 11 is 0. The van der Waals surface area contributed by atoms with Gasteiger partial charge in [0.15, 0.2) is 0 Å². The van der Waals surface area contributed by atoms with Crippen molar-refractivity contribution in [3.05, 3.63) is 17.7 Å². The van der Waals surface area contributed by atoms with Gasteiger partial charge >= 0.3 is 6.03 Å². The molecule has 5 heteroatoms. The molecule has 1 aliphatic carbocycles. The van der Waals surface area contributed by atoms with E-state index in [1.807, 2.05) is 20.2 Å². The number of imidazole rings is 1. The number of fused-ring (bicyclic) bond motifs is 1. The van der Waals surface area contributed by atoms with Gasteiger partial charge in [-0.3, -0.25) is 0 Å². The summed E-state index contributed by atoms with van der Waals surface area (Å²) in [6.45, 7) is 7.09. The van der Waals surface area contributed by atoms with E-state index in [2.05, 4.69) is 16.5 Å². The minimum absolute atomic E-state index is 0.141. The molecule has 100 valence electrons. The zero-order valence-electron chi connectivity index (χ0n) is 11.4. The van der Waals surface area contributed by atoms with Crippen LogP contribution in [0.3, 0.4) is 0 Å². The molecular weight excluding hydrogens is 228 g/mol. The molecular formula is C13H22N4O. The van der Waals surface area contributed by atoms with Crippen molar-refractivity contribution in [1.82, 2.24) is 14.5 Å². The molecule has 1 aromatic heterocycles. The van der Waals surface area contributed by atoms with Gasteiger partial charge in [-0.25, -0.2) is 9.78 Å². The van der Waals surface area contributed by atoms with E-state index in [-0.39, 0.29) is 18.1 Å². The van der Waals surface area contributed by atoms with Crippen molar-refractivity contribution in [2.45, 2.75) is 58.7 Å². The minimum Gasteiger partial charge on any atom is -0.351 e. The number of hydrogen-bond donors (Lipinski definition) is 1. The summed E-state index contributed by atoms with van der Waals surface area (Å²) in [5, 5.41) is 0. The lowest BCUT2D eigenvalue weighted by Crippen LogP contribution is -2.49. The Balaban J connectivity index is 2.18. The Morgan fingerprint density at radius 3 is 2.94 bits per heavy atom. The fraction of sp³-hybridized carbons (Fsp3) is 0.692. The normalized spacial score (nSPS) is 18.8. The maximum Gasteiger partial charge on any atom is 0.315 e. The maximum atomic E-state index is 11.5. The van der Waals surface area contributed by atoms with Crippen LogP contribution in [0.15, 0.2) is 6.33 Å². The molecule has 5 nitrogen and oxygen atoms in total. The zero-order valence-corrected chi connectivity index (χ0v) is 11.4. The fourth-order valence-electron chi connectivity index (χ4n) is 2.90. The van der Waals surface area contributed by atoms with Crippen LogP contribution in [0, 0.1) is 0 Å². The van der Waals surface area contributed by atoms with Crippen LogP contribution in [0.5, 0.6) is 0 Å². The number of carbonyl (C=O) groups is 1. The average Bonchev–Trinajstić information content (AvgIpc) is 2.70. The van der Waals surface area contributed by atoms with Gasteiger partial charge in [-0.2, -0.15) is 0 Å². The first kappa shape index (κ1) is 12.9. The maximum absolute atomic E-state index is 11.5. The van der Waals surface area contributed by atoms with E-state index in [9.17, 15) is 4.79 Å². The summed E-state index contributed by atoms with van der Waals surface area (Å²) in [6, 6.07) is 0.00545. The van der Waals surface area contributed by atoms with Crippen LogP contribution < -0.4 is 5.73 Å². The number of amides is 2. The molecule has 0 fully saturated rings. The second kappa shape index (κ2) is 5.00. The summed E-state index contributed by atoms with van der Waals surface area (Å²) < 4.78 is 2.19. The third-order valence-corrected chi connectivity index (χ3v) is 3.72. The Morgan fingerprint density at radius 2 is 2.39 bits per heavy atom. The molecule has 0 radical (unpaired) electrons. The zero-order chi connectivity index (χ0) is 13.3. The SMILES string of the molecule is CCn1cnc2c1CCC(N(C(N)=O)C(C)C)C2. The first-order valence-electron chi connectivity index (χ1n) is 6.65. The molecule has 2 amide bonds. The van der Waals surface area contributed by atoms with Crippen LogP contribution in [-0.4, -0.2) is 32.6 Å². The third kappa shape index (κ3) is 2.21. The van der Waals surface area contributed by atoms with E-state index in [1.54, 1.807) is 4.90 Å². The van der Waals surface area contributed by atoms with Crippen molar-refractivity contribution < 1.29 is 4.79 Å². The molecule has 0 aliphatic heterocycles. The number of rotatable bonds is 3. The molecule has 0 saturated carbocycles. The van der Waals surface area contributed by atoms with Crippen LogP contribution in [0.4, 0.5) is 4.79 Å². The highest BCUT2D eigenvalue weighted by atomic mass is 16.2. The van der Waals surface area contributed by atoms with Gasteiger partial charge in [0.05, 0.1) is 12.0 Å². The van der Waals surface area contributed by atoms with Crippen molar-refractivity contribution in [3.8, 4) is 0 Å². The second-order valence-electron chi connectivity index (χ2n) is 5.16. The predicted molar refractivity (Wildman–Crippen MR) is 70.3 cm³/mol. The van der Waals surface area contributed by atoms with E-state index in [4.69, 9.17) is 5.73 Å². The molecule has 1 aromatic rings. The Hall–Kier alpha value is -1.52. The Morgan fingerprint density at radius 1 is 1.67 bits per heavy atom. The number of nitrogens with two attached hydrogens (primary N) is 1. The van der Waals surface area contributed by atoms with E-state index in [0.29, 0.717) is 0 Å². The van der Waals surface area contributed by atoms with Crippen molar-refractivity contribution >= 4 is 6.03 Å². The predicted octanol–water partition coefficient (Wildman–Crippen LogP) is 1.55. The average molecular weight is 250 g/mol. The number of hydrogen-bond acceptors (Lipinski definition) is 2. The van der Waals surface area contributed by atoms with Crippen LogP contribution in [0.1, 0.15) is 38.6 Å². The lowest BCUT2D eigenvalue weighted by molar-refractivity contribution is 0.154. The van der Waals surface area contributed by atoms with Gasteiger partial charge < -0.3 is 15.2 Å². The molecule has 2 N–H and O–H groups in total. The first-order chi connectivity index (χ1) is 8.54. The molecule has 18 heavy (non-hydrogen) atoms. The van der Waals surface area contributed by atoms with Gasteiger partial charge in [0, 0.05) is 30.7 Å². The van der Waals surface area contributed by atoms with Crippen molar-refractivity contribution in [1.29, 1.82) is 0 Å². The molecule has 1 aliphatic rings. The standard InChI is InChI=1S/C13H22N4O/c1-4-16-8-15-11-7-10(5-6-12(11)16)17(9(2)3)13(14)18/h8-10H,4-7H2,1-3H3,(H2,14,18). The number of primary amides is 1. The summed E-state index contributed by atoms with van der Waals surface area (Å²) in [6.07, 6.45) is 4.67. The highest BCUT2D eigenvalue weighted by Gasteiger charge is 2.30. The van der Waals surface area contributed by atoms with E-state index in [0.717, 1.165) is 31.5 Å². The second-order valence-corrected chi connectivity index (χ2v) is 5.16. The summed E-state index contributed by atoms with van der Waals surface area (Å²) in [7, 11) is 0. The lowest BCUT2D eigenvalue weighted by atomic mass is 9.94. The third-order valence-electron chi connectivity index (χ3n) is 3.72. The van der Waals surface area contributed by atoms with Crippen LogP contribution in [-0.2, 0) is 19.4 Å².